The van der Waals surface area contributed by atoms with E-state index in [1.807, 2.05) is 13.8 Å². The lowest BCUT2D eigenvalue weighted by Crippen LogP contribution is -2.45. The summed E-state index contributed by atoms with van der Waals surface area (Å²) in [4.78, 5) is 0. The SMILES string of the molecule is CC.CCC1OCC2OC3(CCCO3)CCC12. The molecule has 17 heavy (non-hydrogen) atoms. The van der Waals surface area contributed by atoms with Crippen LogP contribution in [0.25, 0.3) is 0 Å². The van der Waals surface area contributed by atoms with E-state index >= 15 is 0 Å². The Morgan fingerprint density at radius 2 is 2.06 bits per heavy atom. The number of rotatable bonds is 1. The van der Waals surface area contributed by atoms with Crippen LogP contribution in [0.5, 0.6) is 0 Å². The third kappa shape index (κ3) is 2.51. The summed E-state index contributed by atoms with van der Waals surface area (Å²) in [7, 11) is 0. The van der Waals surface area contributed by atoms with Gasteiger partial charge in [-0.1, -0.05) is 20.8 Å². The summed E-state index contributed by atoms with van der Waals surface area (Å²) < 4.78 is 17.7. The van der Waals surface area contributed by atoms with Crippen LogP contribution in [0.15, 0.2) is 0 Å². The van der Waals surface area contributed by atoms with Crippen LogP contribution in [0.4, 0.5) is 0 Å². The van der Waals surface area contributed by atoms with Gasteiger partial charge in [0.25, 0.3) is 0 Å². The standard InChI is InChI=1S/C12H20O3.C2H6/c1-2-10-9-4-6-12(5-3-7-14-12)15-11(9)8-13-10;1-2/h9-11H,2-8H2,1H3;1-2H3. The Kier molecular flexibility index (Phi) is 4.45. The van der Waals surface area contributed by atoms with Crippen LogP contribution in [0.1, 0.15) is 52.9 Å². The smallest absolute Gasteiger partial charge is 0.168 e. The molecule has 3 aliphatic heterocycles. The van der Waals surface area contributed by atoms with Crippen LogP contribution in [-0.2, 0) is 14.2 Å². The molecule has 1 spiro atoms. The van der Waals surface area contributed by atoms with Crippen LogP contribution in [0.3, 0.4) is 0 Å². The van der Waals surface area contributed by atoms with E-state index in [-0.39, 0.29) is 5.79 Å². The highest BCUT2D eigenvalue weighted by atomic mass is 16.7. The van der Waals surface area contributed by atoms with Gasteiger partial charge in [-0.15, -0.1) is 0 Å². The van der Waals surface area contributed by atoms with Crippen molar-refractivity contribution in [1.29, 1.82) is 0 Å². The van der Waals surface area contributed by atoms with Crippen LogP contribution in [-0.4, -0.2) is 31.2 Å². The van der Waals surface area contributed by atoms with E-state index in [2.05, 4.69) is 6.92 Å². The van der Waals surface area contributed by atoms with Gasteiger partial charge < -0.3 is 14.2 Å². The fraction of sp³-hybridized carbons (Fsp3) is 1.00. The van der Waals surface area contributed by atoms with Crippen molar-refractivity contribution >= 4 is 0 Å². The van der Waals surface area contributed by atoms with E-state index in [0.717, 1.165) is 38.9 Å². The van der Waals surface area contributed by atoms with Gasteiger partial charge in [0.15, 0.2) is 5.79 Å². The largest absolute Gasteiger partial charge is 0.375 e. The second kappa shape index (κ2) is 5.68. The third-order valence-electron chi connectivity index (χ3n) is 4.12. The first-order chi connectivity index (χ1) is 8.33. The number of hydrogen-bond acceptors (Lipinski definition) is 3. The molecular formula is C14H26O3. The molecule has 0 N–H and O–H groups in total. The van der Waals surface area contributed by atoms with Gasteiger partial charge in [0.05, 0.1) is 25.4 Å². The average molecular weight is 242 g/mol. The summed E-state index contributed by atoms with van der Waals surface area (Å²) in [5.74, 6) is 0.387. The Morgan fingerprint density at radius 1 is 1.24 bits per heavy atom. The molecule has 0 radical (unpaired) electrons. The van der Waals surface area contributed by atoms with Crippen LogP contribution >= 0.6 is 0 Å². The first-order valence-electron chi connectivity index (χ1n) is 7.26. The first kappa shape index (κ1) is 13.3. The molecule has 3 heterocycles. The number of ether oxygens (including phenoxy) is 3. The average Bonchev–Trinajstić information content (AvgIpc) is 2.99. The minimum absolute atomic E-state index is 0.229. The van der Waals surface area contributed by atoms with E-state index < -0.39 is 0 Å². The quantitative estimate of drug-likeness (QED) is 0.707. The summed E-state index contributed by atoms with van der Waals surface area (Å²) in [6.45, 7) is 7.84. The third-order valence-corrected chi connectivity index (χ3v) is 4.12. The number of hydrogen-bond donors (Lipinski definition) is 0. The predicted molar refractivity (Wildman–Crippen MR) is 66.9 cm³/mol. The molecule has 0 bridgehead atoms. The Hall–Kier alpha value is -0.120. The Labute approximate surface area is 105 Å². The molecule has 4 atom stereocenters. The highest BCUT2D eigenvalue weighted by Gasteiger charge is 2.49. The lowest BCUT2D eigenvalue weighted by molar-refractivity contribution is -0.264. The Morgan fingerprint density at radius 3 is 2.71 bits per heavy atom. The van der Waals surface area contributed by atoms with Crippen molar-refractivity contribution in [1.82, 2.24) is 0 Å². The molecule has 3 heteroatoms. The lowest BCUT2D eigenvalue weighted by atomic mass is 9.86. The minimum Gasteiger partial charge on any atom is -0.375 e. The van der Waals surface area contributed by atoms with Gasteiger partial charge in [-0.25, -0.2) is 0 Å². The van der Waals surface area contributed by atoms with Gasteiger partial charge in [-0.2, -0.15) is 0 Å². The van der Waals surface area contributed by atoms with Crippen molar-refractivity contribution in [3.63, 3.8) is 0 Å². The summed E-state index contributed by atoms with van der Waals surface area (Å²) in [6.07, 6.45) is 6.33. The van der Waals surface area contributed by atoms with Crippen molar-refractivity contribution in [2.24, 2.45) is 5.92 Å². The molecule has 3 fully saturated rings. The number of fused-ring (bicyclic) bond motifs is 1. The van der Waals surface area contributed by atoms with E-state index in [4.69, 9.17) is 14.2 Å². The van der Waals surface area contributed by atoms with E-state index in [0.29, 0.717) is 18.1 Å². The zero-order valence-corrected chi connectivity index (χ0v) is 11.4. The van der Waals surface area contributed by atoms with Crippen molar-refractivity contribution in [3.05, 3.63) is 0 Å². The fourth-order valence-electron chi connectivity index (χ4n) is 3.30. The van der Waals surface area contributed by atoms with Gasteiger partial charge >= 0.3 is 0 Å². The maximum absolute atomic E-state index is 6.14. The Bertz CT molecular complexity index is 236. The van der Waals surface area contributed by atoms with Gasteiger partial charge in [-0.3, -0.25) is 0 Å². The second-order valence-corrected chi connectivity index (χ2v) is 5.00. The molecule has 0 amide bonds. The molecule has 3 nitrogen and oxygen atoms in total. The lowest BCUT2D eigenvalue weighted by Gasteiger charge is -2.39. The monoisotopic (exact) mass is 242 g/mol. The summed E-state index contributed by atoms with van der Waals surface area (Å²) in [5.41, 5.74) is 0. The minimum atomic E-state index is -0.229. The summed E-state index contributed by atoms with van der Waals surface area (Å²) >= 11 is 0. The van der Waals surface area contributed by atoms with Crippen molar-refractivity contribution in [2.45, 2.75) is 70.9 Å². The molecular weight excluding hydrogens is 216 g/mol. The van der Waals surface area contributed by atoms with E-state index in [1.54, 1.807) is 0 Å². The molecule has 0 aromatic heterocycles. The zero-order valence-electron chi connectivity index (χ0n) is 11.4. The van der Waals surface area contributed by atoms with Gasteiger partial charge in [0.1, 0.15) is 0 Å². The van der Waals surface area contributed by atoms with Crippen molar-refractivity contribution in [3.8, 4) is 0 Å². The van der Waals surface area contributed by atoms with Crippen molar-refractivity contribution < 1.29 is 14.2 Å². The Balaban J connectivity index is 0.000000514. The van der Waals surface area contributed by atoms with Crippen LogP contribution in [0.2, 0.25) is 0 Å². The zero-order chi connectivity index (χ0) is 12.3. The molecule has 0 aliphatic carbocycles. The molecule has 0 aromatic rings. The summed E-state index contributed by atoms with van der Waals surface area (Å²) in [5, 5.41) is 0. The molecule has 4 unspecified atom stereocenters. The molecule has 3 saturated heterocycles. The topological polar surface area (TPSA) is 27.7 Å². The fourth-order valence-corrected chi connectivity index (χ4v) is 3.30. The maximum Gasteiger partial charge on any atom is 0.168 e. The van der Waals surface area contributed by atoms with Gasteiger partial charge in [0.2, 0.25) is 0 Å². The normalized spacial score (nSPS) is 44.3. The van der Waals surface area contributed by atoms with E-state index in [9.17, 15) is 0 Å². The molecule has 100 valence electrons. The maximum atomic E-state index is 6.14. The predicted octanol–water partition coefficient (Wildman–Crippen LogP) is 3.12. The molecule has 0 saturated carbocycles. The molecule has 3 rings (SSSR count). The van der Waals surface area contributed by atoms with Gasteiger partial charge in [0, 0.05) is 18.8 Å². The molecule has 3 aliphatic rings. The van der Waals surface area contributed by atoms with Gasteiger partial charge in [-0.05, 0) is 19.3 Å². The molecule has 0 aromatic carbocycles. The van der Waals surface area contributed by atoms with Crippen LogP contribution in [0, 0.1) is 5.92 Å². The second-order valence-electron chi connectivity index (χ2n) is 5.00. The van der Waals surface area contributed by atoms with E-state index in [1.165, 1.54) is 6.42 Å². The highest BCUT2D eigenvalue weighted by Crippen LogP contribution is 2.44. The first-order valence-corrected chi connectivity index (χ1v) is 7.26. The van der Waals surface area contributed by atoms with Crippen molar-refractivity contribution in [2.75, 3.05) is 13.2 Å². The van der Waals surface area contributed by atoms with Crippen LogP contribution < -0.4 is 0 Å². The highest BCUT2D eigenvalue weighted by molar-refractivity contribution is 4.92. The summed E-state index contributed by atoms with van der Waals surface area (Å²) in [6, 6.07) is 0.